The lowest BCUT2D eigenvalue weighted by Crippen LogP contribution is -2.41. The summed E-state index contributed by atoms with van der Waals surface area (Å²) in [5, 5.41) is 9.03. The molecule has 1 aliphatic heterocycles. The molecule has 19 heavy (non-hydrogen) atoms. The van der Waals surface area contributed by atoms with Crippen LogP contribution in [0.4, 0.5) is 0 Å². The van der Waals surface area contributed by atoms with Crippen LogP contribution in [0.3, 0.4) is 0 Å². The van der Waals surface area contributed by atoms with Crippen molar-refractivity contribution in [2.75, 3.05) is 12.3 Å². The summed E-state index contributed by atoms with van der Waals surface area (Å²) >= 11 is 0. The third-order valence-electron chi connectivity index (χ3n) is 3.34. The van der Waals surface area contributed by atoms with E-state index in [2.05, 4.69) is 0 Å². The number of sulfonamides is 1. The quantitative estimate of drug-likeness (QED) is 0.878. The van der Waals surface area contributed by atoms with Gasteiger partial charge in [0.1, 0.15) is 6.04 Å². The summed E-state index contributed by atoms with van der Waals surface area (Å²) in [5.74, 6) is -1.10. The van der Waals surface area contributed by atoms with Crippen molar-refractivity contribution in [1.29, 1.82) is 0 Å². The number of hydrogen-bond acceptors (Lipinski definition) is 3. The van der Waals surface area contributed by atoms with Gasteiger partial charge < -0.3 is 5.11 Å². The highest BCUT2D eigenvalue weighted by atomic mass is 32.2. The van der Waals surface area contributed by atoms with Gasteiger partial charge in [0.25, 0.3) is 0 Å². The summed E-state index contributed by atoms with van der Waals surface area (Å²) < 4.78 is 25.5. The number of hydrogen-bond donors (Lipinski definition) is 1. The molecule has 1 aromatic rings. The molecule has 6 heteroatoms. The summed E-state index contributed by atoms with van der Waals surface area (Å²) in [7, 11) is -3.50. The smallest absolute Gasteiger partial charge is 0.322 e. The van der Waals surface area contributed by atoms with Crippen LogP contribution < -0.4 is 0 Å². The van der Waals surface area contributed by atoms with E-state index in [1.165, 1.54) is 0 Å². The second kappa shape index (κ2) is 5.71. The van der Waals surface area contributed by atoms with E-state index in [9.17, 15) is 13.2 Å². The zero-order valence-electron chi connectivity index (χ0n) is 10.5. The second-order valence-electron chi connectivity index (χ2n) is 4.66. The predicted molar refractivity (Wildman–Crippen MR) is 71.3 cm³/mol. The van der Waals surface area contributed by atoms with Gasteiger partial charge in [-0.2, -0.15) is 4.31 Å². The highest BCUT2D eigenvalue weighted by Gasteiger charge is 2.38. The Morgan fingerprint density at radius 3 is 2.63 bits per heavy atom. The number of nitrogens with zero attached hydrogens (tertiary/aromatic N) is 1. The minimum absolute atomic E-state index is 0.0409. The maximum absolute atomic E-state index is 12.2. The molecule has 5 nitrogen and oxygen atoms in total. The first-order valence-corrected chi connectivity index (χ1v) is 7.88. The first-order valence-electron chi connectivity index (χ1n) is 6.27. The Kier molecular flexibility index (Phi) is 4.21. The Morgan fingerprint density at radius 1 is 1.32 bits per heavy atom. The van der Waals surface area contributed by atoms with E-state index in [4.69, 9.17) is 5.11 Å². The molecule has 1 saturated heterocycles. The van der Waals surface area contributed by atoms with E-state index in [0.29, 0.717) is 25.8 Å². The van der Waals surface area contributed by atoms with E-state index in [1.807, 2.05) is 30.3 Å². The lowest BCUT2D eigenvalue weighted by Gasteiger charge is -2.20. The number of rotatable bonds is 5. The van der Waals surface area contributed by atoms with Crippen molar-refractivity contribution in [3.05, 3.63) is 35.9 Å². The molecule has 0 aromatic heterocycles. The van der Waals surface area contributed by atoms with Crippen molar-refractivity contribution < 1.29 is 18.3 Å². The minimum atomic E-state index is -3.50. The maximum Gasteiger partial charge on any atom is 0.322 e. The molecule has 1 aromatic carbocycles. The lowest BCUT2D eigenvalue weighted by molar-refractivity contribution is -0.140. The van der Waals surface area contributed by atoms with Crippen LogP contribution >= 0.6 is 0 Å². The van der Waals surface area contributed by atoms with Crippen LogP contribution in [-0.4, -0.2) is 42.1 Å². The van der Waals surface area contributed by atoms with Crippen LogP contribution in [0.25, 0.3) is 0 Å². The molecule has 0 unspecified atom stereocenters. The molecule has 1 N–H and O–H groups in total. The molecular formula is C13H17NO4S. The third kappa shape index (κ3) is 3.33. The van der Waals surface area contributed by atoms with Crippen molar-refractivity contribution in [1.82, 2.24) is 4.31 Å². The maximum atomic E-state index is 12.2. The summed E-state index contributed by atoms with van der Waals surface area (Å²) in [6.45, 7) is 0.314. The van der Waals surface area contributed by atoms with E-state index >= 15 is 0 Å². The number of carboxylic acid groups (broad SMARTS) is 1. The van der Waals surface area contributed by atoms with Gasteiger partial charge in [0, 0.05) is 6.54 Å². The van der Waals surface area contributed by atoms with Gasteiger partial charge in [-0.1, -0.05) is 30.3 Å². The molecule has 0 aliphatic carbocycles. The van der Waals surface area contributed by atoms with Crippen LogP contribution in [-0.2, 0) is 21.2 Å². The minimum Gasteiger partial charge on any atom is -0.480 e. The fraction of sp³-hybridized carbons (Fsp3) is 0.462. The van der Waals surface area contributed by atoms with Crippen LogP contribution in [0.5, 0.6) is 0 Å². The fourth-order valence-corrected chi connectivity index (χ4v) is 4.05. The summed E-state index contributed by atoms with van der Waals surface area (Å²) in [4.78, 5) is 11.0. The largest absolute Gasteiger partial charge is 0.480 e. The van der Waals surface area contributed by atoms with Gasteiger partial charge in [-0.25, -0.2) is 8.42 Å². The predicted octanol–water partition coefficient (Wildman–Crippen LogP) is 1.11. The number of aliphatic carboxylic acids is 1. The number of benzene rings is 1. The molecule has 0 amide bonds. The van der Waals surface area contributed by atoms with Crippen LogP contribution in [0.15, 0.2) is 30.3 Å². The van der Waals surface area contributed by atoms with Gasteiger partial charge >= 0.3 is 5.97 Å². The standard InChI is InChI=1S/C13H17NO4S/c15-13(16)12-7-4-9-14(12)19(17,18)10-8-11-5-2-1-3-6-11/h1-3,5-6,12H,4,7-10H2,(H,15,16)/t12-/m1/s1. The molecule has 0 bridgehead atoms. The van der Waals surface area contributed by atoms with E-state index < -0.39 is 22.0 Å². The Hall–Kier alpha value is -1.40. The Labute approximate surface area is 112 Å². The second-order valence-corrected chi connectivity index (χ2v) is 6.70. The molecule has 1 atom stereocenters. The van der Waals surface area contributed by atoms with Crippen molar-refractivity contribution in [2.45, 2.75) is 25.3 Å². The average Bonchev–Trinajstić information content (AvgIpc) is 2.88. The van der Waals surface area contributed by atoms with Gasteiger partial charge in [0.2, 0.25) is 10.0 Å². The highest BCUT2D eigenvalue weighted by molar-refractivity contribution is 7.89. The first kappa shape index (κ1) is 14.0. The number of carbonyl (C=O) groups is 1. The van der Waals surface area contributed by atoms with Gasteiger partial charge in [-0.3, -0.25) is 4.79 Å². The zero-order valence-corrected chi connectivity index (χ0v) is 11.3. The molecule has 0 radical (unpaired) electrons. The molecule has 104 valence electrons. The summed E-state index contributed by atoms with van der Waals surface area (Å²) in [5.41, 5.74) is 0.942. The first-order chi connectivity index (χ1) is 9.00. The van der Waals surface area contributed by atoms with Crippen molar-refractivity contribution in [2.24, 2.45) is 0 Å². The molecule has 0 saturated carbocycles. The SMILES string of the molecule is O=C(O)[C@H]1CCCN1S(=O)(=O)CCc1ccccc1. The molecule has 1 aliphatic rings. The van der Waals surface area contributed by atoms with Crippen LogP contribution in [0, 0.1) is 0 Å². The molecule has 1 heterocycles. The normalized spacial score (nSPS) is 20.5. The molecule has 1 fully saturated rings. The van der Waals surface area contributed by atoms with Gasteiger partial charge in [-0.05, 0) is 24.8 Å². The topological polar surface area (TPSA) is 74.7 Å². The van der Waals surface area contributed by atoms with Crippen molar-refractivity contribution >= 4 is 16.0 Å². The van der Waals surface area contributed by atoms with E-state index in [1.54, 1.807) is 0 Å². The lowest BCUT2D eigenvalue weighted by atomic mass is 10.2. The van der Waals surface area contributed by atoms with Crippen LogP contribution in [0.2, 0.25) is 0 Å². The van der Waals surface area contributed by atoms with Crippen molar-refractivity contribution in [3.63, 3.8) is 0 Å². The van der Waals surface area contributed by atoms with Crippen LogP contribution in [0.1, 0.15) is 18.4 Å². The fourth-order valence-electron chi connectivity index (χ4n) is 2.33. The van der Waals surface area contributed by atoms with E-state index in [0.717, 1.165) is 9.87 Å². The highest BCUT2D eigenvalue weighted by Crippen LogP contribution is 2.22. The molecule has 2 rings (SSSR count). The monoisotopic (exact) mass is 283 g/mol. The zero-order chi connectivity index (χ0) is 13.9. The molecule has 0 spiro atoms. The molecular weight excluding hydrogens is 266 g/mol. The van der Waals surface area contributed by atoms with Gasteiger partial charge in [0.05, 0.1) is 5.75 Å². The number of aryl methyl sites for hydroxylation is 1. The average molecular weight is 283 g/mol. The summed E-state index contributed by atoms with van der Waals surface area (Å²) in [6.07, 6.45) is 1.42. The summed E-state index contributed by atoms with van der Waals surface area (Å²) in [6, 6.07) is 8.44. The van der Waals surface area contributed by atoms with E-state index in [-0.39, 0.29) is 5.75 Å². The van der Waals surface area contributed by atoms with Gasteiger partial charge in [-0.15, -0.1) is 0 Å². The third-order valence-corrected chi connectivity index (χ3v) is 5.21. The Balaban J connectivity index is 2.04. The van der Waals surface area contributed by atoms with Crippen molar-refractivity contribution in [3.8, 4) is 0 Å². The Morgan fingerprint density at radius 2 is 2.00 bits per heavy atom. The Bertz CT molecular complexity index is 541. The number of carboxylic acids is 1. The van der Waals surface area contributed by atoms with Gasteiger partial charge in [0.15, 0.2) is 0 Å².